The predicted molar refractivity (Wildman–Crippen MR) is 46.5 cm³/mol. The highest BCUT2D eigenvalue weighted by molar-refractivity contribution is 9.10. The Morgan fingerprint density at radius 1 is 1.64 bits per heavy atom. The molecule has 3 nitrogen and oxygen atoms in total. The Labute approximate surface area is 73.2 Å². The van der Waals surface area contributed by atoms with Gasteiger partial charge in [0, 0.05) is 6.54 Å². The van der Waals surface area contributed by atoms with Gasteiger partial charge in [0.05, 0.1) is 12.4 Å². The summed E-state index contributed by atoms with van der Waals surface area (Å²) in [4.78, 5) is 14.8. The first kappa shape index (κ1) is 8.46. The Morgan fingerprint density at radius 2 is 2.36 bits per heavy atom. The van der Waals surface area contributed by atoms with Crippen LogP contribution in [-0.4, -0.2) is 9.55 Å². The molecule has 0 aliphatic heterocycles. The molecule has 1 aromatic heterocycles. The first-order valence-corrected chi connectivity index (χ1v) is 4.25. The van der Waals surface area contributed by atoms with E-state index in [2.05, 4.69) is 20.9 Å². The van der Waals surface area contributed by atoms with Gasteiger partial charge in [0.1, 0.15) is 4.60 Å². The lowest BCUT2D eigenvalue weighted by Crippen LogP contribution is -2.20. The quantitative estimate of drug-likeness (QED) is 0.750. The maximum absolute atomic E-state index is 11.1. The summed E-state index contributed by atoms with van der Waals surface area (Å²) in [7, 11) is 0. The van der Waals surface area contributed by atoms with E-state index in [1.807, 2.05) is 6.92 Å². The Kier molecular flexibility index (Phi) is 2.82. The minimum atomic E-state index is -0.0544. The second kappa shape index (κ2) is 3.67. The van der Waals surface area contributed by atoms with E-state index >= 15 is 0 Å². The molecule has 0 aliphatic carbocycles. The Morgan fingerprint density at radius 3 is 2.91 bits per heavy atom. The van der Waals surface area contributed by atoms with E-state index in [1.54, 1.807) is 10.8 Å². The van der Waals surface area contributed by atoms with Crippen molar-refractivity contribution in [2.75, 3.05) is 0 Å². The summed E-state index contributed by atoms with van der Waals surface area (Å²) in [5.41, 5.74) is -0.0544. The number of rotatable bonds is 2. The minimum absolute atomic E-state index is 0.0544. The molecule has 0 spiro atoms. The van der Waals surface area contributed by atoms with Crippen LogP contribution in [0, 0.1) is 0 Å². The van der Waals surface area contributed by atoms with Crippen molar-refractivity contribution in [3.05, 3.63) is 27.4 Å². The lowest BCUT2D eigenvalue weighted by molar-refractivity contribution is 0.634. The van der Waals surface area contributed by atoms with Gasteiger partial charge in [-0.1, -0.05) is 6.92 Å². The Balaban J connectivity index is 3.10. The fraction of sp³-hybridized carbons (Fsp3) is 0.429. The first-order valence-electron chi connectivity index (χ1n) is 3.46. The highest BCUT2D eigenvalue weighted by Crippen LogP contribution is 2.03. The second-order valence-corrected chi connectivity index (χ2v) is 3.03. The number of halogens is 1. The SMILES string of the molecule is CCCn1c(Br)cncc1=O. The summed E-state index contributed by atoms with van der Waals surface area (Å²) in [6.45, 7) is 2.77. The number of nitrogens with zero attached hydrogens (tertiary/aromatic N) is 2. The topological polar surface area (TPSA) is 34.9 Å². The lowest BCUT2D eigenvalue weighted by atomic mass is 10.5. The molecule has 0 atom stereocenters. The minimum Gasteiger partial charge on any atom is -0.300 e. The van der Waals surface area contributed by atoms with Crippen LogP contribution >= 0.6 is 15.9 Å². The van der Waals surface area contributed by atoms with Crippen molar-refractivity contribution in [1.29, 1.82) is 0 Å². The van der Waals surface area contributed by atoms with Crippen molar-refractivity contribution >= 4 is 15.9 Å². The molecule has 1 heterocycles. The van der Waals surface area contributed by atoms with Gasteiger partial charge in [-0.3, -0.25) is 9.78 Å². The fourth-order valence-corrected chi connectivity index (χ4v) is 1.32. The van der Waals surface area contributed by atoms with E-state index in [9.17, 15) is 4.79 Å². The van der Waals surface area contributed by atoms with Gasteiger partial charge in [0.15, 0.2) is 0 Å². The average molecular weight is 217 g/mol. The first-order chi connectivity index (χ1) is 5.25. The molecule has 0 aliphatic rings. The summed E-state index contributed by atoms with van der Waals surface area (Å²) in [6, 6.07) is 0. The number of hydrogen-bond acceptors (Lipinski definition) is 2. The van der Waals surface area contributed by atoms with Crippen molar-refractivity contribution in [2.45, 2.75) is 19.9 Å². The average Bonchev–Trinajstić information content (AvgIpc) is 1.97. The molecular weight excluding hydrogens is 208 g/mol. The summed E-state index contributed by atoms with van der Waals surface area (Å²) >= 11 is 3.25. The third kappa shape index (κ3) is 1.89. The lowest BCUT2D eigenvalue weighted by Gasteiger charge is -2.03. The summed E-state index contributed by atoms with van der Waals surface area (Å²) < 4.78 is 2.39. The monoisotopic (exact) mass is 216 g/mol. The highest BCUT2D eigenvalue weighted by Gasteiger charge is 1.97. The van der Waals surface area contributed by atoms with Crippen molar-refractivity contribution in [1.82, 2.24) is 9.55 Å². The van der Waals surface area contributed by atoms with Crippen molar-refractivity contribution < 1.29 is 0 Å². The highest BCUT2D eigenvalue weighted by atomic mass is 79.9. The molecule has 1 rings (SSSR count). The molecule has 0 radical (unpaired) electrons. The molecule has 0 bridgehead atoms. The molecule has 0 saturated carbocycles. The van der Waals surface area contributed by atoms with E-state index in [0.29, 0.717) is 0 Å². The van der Waals surface area contributed by atoms with Crippen LogP contribution in [0.1, 0.15) is 13.3 Å². The summed E-state index contributed by atoms with van der Waals surface area (Å²) in [5, 5.41) is 0. The molecule has 1 aromatic rings. The van der Waals surface area contributed by atoms with E-state index < -0.39 is 0 Å². The second-order valence-electron chi connectivity index (χ2n) is 2.22. The number of hydrogen-bond donors (Lipinski definition) is 0. The van der Waals surface area contributed by atoms with Crippen LogP contribution in [0.25, 0.3) is 0 Å². The van der Waals surface area contributed by atoms with E-state index in [-0.39, 0.29) is 5.56 Å². The predicted octanol–water partition coefficient (Wildman–Crippen LogP) is 1.42. The molecule has 0 unspecified atom stereocenters. The van der Waals surface area contributed by atoms with Crippen molar-refractivity contribution in [3.8, 4) is 0 Å². The third-order valence-electron chi connectivity index (χ3n) is 1.34. The van der Waals surface area contributed by atoms with Gasteiger partial charge in [-0.25, -0.2) is 0 Å². The number of aromatic nitrogens is 2. The van der Waals surface area contributed by atoms with Gasteiger partial charge in [-0.2, -0.15) is 0 Å². The van der Waals surface area contributed by atoms with Gasteiger partial charge in [0.25, 0.3) is 5.56 Å². The zero-order chi connectivity index (χ0) is 8.27. The summed E-state index contributed by atoms with van der Waals surface area (Å²) in [6.07, 6.45) is 3.89. The van der Waals surface area contributed by atoms with E-state index in [0.717, 1.165) is 17.6 Å². The van der Waals surface area contributed by atoms with Crippen LogP contribution < -0.4 is 5.56 Å². The maximum Gasteiger partial charge on any atom is 0.269 e. The van der Waals surface area contributed by atoms with Crippen LogP contribution in [0.15, 0.2) is 21.8 Å². The summed E-state index contributed by atoms with van der Waals surface area (Å²) in [5.74, 6) is 0. The fourth-order valence-electron chi connectivity index (χ4n) is 0.848. The Hall–Kier alpha value is -0.640. The van der Waals surface area contributed by atoms with Crippen LogP contribution in [0.4, 0.5) is 0 Å². The molecule has 60 valence electrons. The van der Waals surface area contributed by atoms with Gasteiger partial charge >= 0.3 is 0 Å². The molecular formula is C7H9BrN2O. The van der Waals surface area contributed by atoms with Gasteiger partial charge < -0.3 is 4.57 Å². The van der Waals surface area contributed by atoms with Gasteiger partial charge in [0.2, 0.25) is 0 Å². The molecule has 4 heteroatoms. The molecule has 11 heavy (non-hydrogen) atoms. The van der Waals surface area contributed by atoms with Crippen LogP contribution in [0.3, 0.4) is 0 Å². The normalized spacial score (nSPS) is 10.0. The molecule has 0 amide bonds. The van der Waals surface area contributed by atoms with E-state index in [1.165, 1.54) is 6.20 Å². The Bertz CT molecular complexity index is 295. The molecule has 0 N–H and O–H groups in total. The smallest absolute Gasteiger partial charge is 0.269 e. The zero-order valence-electron chi connectivity index (χ0n) is 6.25. The molecule has 0 fully saturated rings. The molecule has 0 saturated heterocycles. The van der Waals surface area contributed by atoms with Crippen molar-refractivity contribution in [2.24, 2.45) is 0 Å². The molecule has 0 aromatic carbocycles. The zero-order valence-corrected chi connectivity index (χ0v) is 7.84. The standard InChI is InChI=1S/C7H9BrN2O/c1-2-3-10-6(8)4-9-5-7(10)11/h4-5H,2-3H2,1H3. The van der Waals surface area contributed by atoms with Crippen LogP contribution in [0.2, 0.25) is 0 Å². The van der Waals surface area contributed by atoms with Crippen molar-refractivity contribution in [3.63, 3.8) is 0 Å². The maximum atomic E-state index is 11.1. The van der Waals surface area contributed by atoms with E-state index in [4.69, 9.17) is 0 Å². The van der Waals surface area contributed by atoms with Crippen LogP contribution in [-0.2, 0) is 6.54 Å². The van der Waals surface area contributed by atoms with Gasteiger partial charge in [-0.05, 0) is 22.4 Å². The largest absolute Gasteiger partial charge is 0.300 e. The van der Waals surface area contributed by atoms with Gasteiger partial charge in [-0.15, -0.1) is 0 Å². The van der Waals surface area contributed by atoms with Crippen LogP contribution in [0.5, 0.6) is 0 Å². The third-order valence-corrected chi connectivity index (χ3v) is 1.97.